The monoisotopic (exact) mass is 174 g/mol. The van der Waals surface area contributed by atoms with Crippen LogP contribution in [0.4, 0.5) is 4.39 Å². The van der Waals surface area contributed by atoms with E-state index in [0.717, 1.165) is 18.5 Å². The van der Waals surface area contributed by atoms with Crippen LogP contribution >= 0.6 is 0 Å². The first-order chi connectivity index (χ1) is 5.00. The first-order valence-electron chi connectivity index (χ1n) is 2.73. The summed E-state index contributed by atoms with van der Waals surface area (Å²) in [6, 6.07) is 0.877. The van der Waals surface area contributed by atoms with Gasteiger partial charge in [-0.2, -0.15) is 0 Å². The average molecular weight is 174 g/mol. The van der Waals surface area contributed by atoms with E-state index in [2.05, 4.69) is 11.2 Å². The molecule has 0 fully saturated rings. The van der Waals surface area contributed by atoms with E-state index < -0.39 is 15.7 Å². The van der Waals surface area contributed by atoms with Crippen molar-refractivity contribution in [1.82, 2.24) is 4.98 Å². The van der Waals surface area contributed by atoms with Crippen LogP contribution in [0.15, 0.2) is 17.2 Å². The molecule has 1 aromatic heterocycles. The second-order valence-corrected chi connectivity index (χ2v) is 4.02. The van der Waals surface area contributed by atoms with E-state index in [1.54, 1.807) is 0 Å². The van der Waals surface area contributed by atoms with Crippen molar-refractivity contribution in [3.8, 4) is 0 Å². The first kappa shape index (κ1) is 8.13. The Morgan fingerprint density at radius 3 is 2.64 bits per heavy atom. The fraction of sp³-hybridized carbons (Fsp3) is 0.167. The number of sulfone groups is 1. The number of hydrogen-bond acceptors (Lipinski definition) is 3. The van der Waals surface area contributed by atoms with Gasteiger partial charge in [0.1, 0.15) is 12.0 Å². The molecule has 1 rings (SSSR count). The van der Waals surface area contributed by atoms with Gasteiger partial charge in [0.25, 0.3) is 0 Å². The van der Waals surface area contributed by atoms with E-state index in [-0.39, 0.29) is 4.90 Å². The number of nitrogens with zero attached hydrogens (tertiary/aromatic N) is 1. The van der Waals surface area contributed by atoms with Crippen molar-refractivity contribution in [2.24, 2.45) is 0 Å². The van der Waals surface area contributed by atoms with Crippen molar-refractivity contribution >= 4 is 9.84 Å². The van der Waals surface area contributed by atoms with E-state index in [1.807, 2.05) is 0 Å². The van der Waals surface area contributed by atoms with Gasteiger partial charge in [-0.05, 0) is 6.07 Å². The van der Waals surface area contributed by atoms with Gasteiger partial charge in [0.2, 0.25) is 0 Å². The molecule has 59 valence electrons. The summed E-state index contributed by atoms with van der Waals surface area (Å²) in [6.45, 7) is 0. The summed E-state index contributed by atoms with van der Waals surface area (Å²) in [6.07, 6.45) is 4.04. The highest BCUT2D eigenvalue weighted by atomic mass is 32.2. The summed E-state index contributed by atoms with van der Waals surface area (Å²) in [5.74, 6) is -0.677. The smallest absolute Gasteiger partial charge is 0.177 e. The van der Waals surface area contributed by atoms with E-state index in [1.165, 1.54) is 0 Å². The minimum absolute atomic E-state index is 0.225. The van der Waals surface area contributed by atoms with Crippen molar-refractivity contribution in [3.63, 3.8) is 0 Å². The highest BCUT2D eigenvalue weighted by Gasteiger charge is 2.07. The molecule has 0 atom stereocenters. The lowest BCUT2D eigenvalue weighted by molar-refractivity contribution is 0.592. The van der Waals surface area contributed by atoms with Crippen LogP contribution in [0.3, 0.4) is 0 Å². The van der Waals surface area contributed by atoms with E-state index in [0.29, 0.717) is 0 Å². The van der Waals surface area contributed by atoms with Crippen LogP contribution in [0.25, 0.3) is 0 Å². The number of aromatic nitrogens is 1. The molecule has 0 spiro atoms. The van der Waals surface area contributed by atoms with Gasteiger partial charge in [-0.15, -0.1) is 0 Å². The van der Waals surface area contributed by atoms with Crippen LogP contribution in [-0.2, 0) is 9.84 Å². The van der Waals surface area contributed by atoms with Crippen molar-refractivity contribution < 1.29 is 12.8 Å². The topological polar surface area (TPSA) is 47.0 Å². The Morgan fingerprint density at radius 2 is 2.27 bits per heavy atom. The Morgan fingerprint density at radius 1 is 1.64 bits per heavy atom. The summed E-state index contributed by atoms with van der Waals surface area (Å²) in [5, 5.41) is 0. The Balaban J connectivity index is 3.28. The van der Waals surface area contributed by atoms with Crippen LogP contribution < -0.4 is 0 Å². The number of rotatable bonds is 1. The molecule has 5 heteroatoms. The highest BCUT2D eigenvalue weighted by molar-refractivity contribution is 7.90. The molecule has 0 amide bonds. The molecule has 0 aromatic carbocycles. The Hall–Kier alpha value is -0.970. The maximum Gasteiger partial charge on any atom is 0.177 e. The summed E-state index contributed by atoms with van der Waals surface area (Å²) in [7, 11) is -3.38. The van der Waals surface area contributed by atoms with Gasteiger partial charge in [0.15, 0.2) is 9.84 Å². The molecule has 1 aromatic rings. The van der Waals surface area contributed by atoms with Gasteiger partial charge in [0, 0.05) is 6.26 Å². The molecular formula is C6H5FNO2S. The molecule has 0 saturated heterocycles. The zero-order valence-corrected chi connectivity index (χ0v) is 6.52. The van der Waals surface area contributed by atoms with E-state index in [9.17, 15) is 12.8 Å². The zero-order chi connectivity index (χ0) is 8.48. The Kier molecular flexibility index (Phi) is 1.90. The molecule has 0 unspecified atom stereocenters. The third kappa shape index (κ3) is 1.98. The van der Waals surface area contributed by atoms with Gasteiger partial charge in [-0.25, -0.2) is 12.8 Å². The Labute approximate surface area is 63.8 Å². The minimum Gasteiger partial charge on any atom is -0.250 e. The lowest BCUT2D eigenvalue weighted by atomic mass is 10.5. The molecule has 1 heterocycles. The predicted molar refractivity (Wildman–Crippen MR) is 36.1 cm³/mol. The second-order valence-electron chi connectivity index (χ2n) is 2.04. The SMILES string of the molecule is CS(=O)(=O)c1[c]ncc(F)c1. The number of hydrogen-bond donors (Lipinski definition) is 0. The minimum atomic E-state index is -3.38. The van der Waals surface area contributed by atoms with Crippen molar-refractivity contribution in [2.75, 3.05) is 6.26 Å². The molecule has 0 aliphatic carbocycles. The Bertz CT molecular complexity index is 361. The average Bonchev–Trinajstić information content (AvgIpc) is 1.86. The van der Waals surface area contributed by atoms with Crippen molar-refractivity contribution in [2.45, 2.75) is 4.90 Å². The third-order valence-corrected chi connectivity index (χ3v) is 2.04. The molecule has 3 nitrogen and oxygen atoms in total. The van der Waals surface area contributed by atoms with E-state index >= 15 is 0 Å². The lowest BCUT2D eigenvalue weighted by Gasteiger charge is -1.94. The van der Waals surface area contributed by atoms with Gasteiger partial charge in [-0.1, -0.05) is 0 Å². The molecule has 0 bridgehead atoms. The van der Waals surface area contributed by atoms with E-state index in [4.69, 9.17) is 0 Å². The summed E-state index contributed by atoms with van der Waals surface area (Å²) in [4.78, 5) is 3.05. The van der Waals surface area contributed by atoms with Gasteiger partial charge in [0.05, 0.1) is 11.1 Å². The molecule has 0 aliphatic heterocycles. The van der Waals surface area contributed by atoms with Crippen LogP contribution in [0.5, 0.6) is 0 Å². The van der Waals surface area contributed by atoms with Crippen LogP contribution in [0.2, 0.25) is 0 Å². The molecule has 0 aliphatic rings. The van der Waals surface area contributed by atoms with Gasteiger partial charge in [-0.3, -0.25) is 4.98 Å². The molecule has 11 heavy (non-hydrogen) atoms. The largest absolute Gasteiger partial charge is 0.250 e. The third-order valence-electron chi connectivity index (χ3n) is 1.03. The summed E-state index contributed by atoms with van der Waals surface area (Å²) in [5.41, 5.74) is 0. The quantitative estimate of drug-likeness (QED) is 0.620. The fourth-order valence-electron chi connectivity index (χ4n) is 0.542. The fourth-order valence-corrected chi connectivity index (χ4v) is 1.09. The predicted octanol–water partition coefficient (Wildman–Crippen LogP) is 0.424. The zero-order valence-electron chi connectivity index (χ0n) is 5.70. The lowest BCUT2D eigenvalue weighted by Crippen LogP contribution is -1.98. The van der Waals surface area contributed by atoms with Crippen molar-refractivity contribution in [3.05, 3.63) is 24.3 Å². The molecule has 1 radical (unpaired) electrons. The molecular weight excluding hydrogens is 169 g/mol. The van der Waals surface area contributed by atoms with Crippen LogP contribution in [0, 0.1) is 12.0 Å². The maximum atomic E-state index is 12.4. The number of pyridine rings is 1. The highest BCUT2D eigenvalue weighted by Crippen LogP contribution is 2.06. The van der Waals surface area contributed by atoms with Gasteiger partial charge < -0.3 is 0 Å². The van der Waals surface area contributed by atoms with Crippen molar-refractivity contribution in [1.29, 1.82) is 0 Å². The first-order valence-corrected chi connectivity index (χ1v) is 4.62. The molecule has 0 saturated carbocycles. The van der Waals surface area contributed by atoms with Crippen LogP contribution in [-0.4, -0.2) is 19.7 Å². The second kappa shape index (κ2) is 2.58. The molecule has 0 N–H and O–H groups in total. The summed E-state index contributed by atoms with van der Waals surface area (Å²) < 4.78 is 33.8. The van der Waals surface area contributed by atoms with Crippen LogP contribution in [0.1, 0.15) is 0 Å². The number of halogens is 1. The van der Waals surface area contributed by atoms with Gasteiger partial charge >= 0.3 is 0 Å². The normalized spacial score (nSPS) is 11.5. The standard InChI is InChI=1S/C6H5FNO2S/c1-11(9,10)6-2-5(7)3-8-4-6/h2-3H,1H3. The summed E-state index contributed by atoms with van der Waals surface area (Å²) >= 11 is 0. The maximum absolute atomic E-state index is 12.4.